The minimum Gasteiger partial charge on any atom is -0.382 e. The van der Waals surface area contributed by atoms with Gasteiger partial charge in [0, 0.05) is 65.4 Å². The molecular formula is C35H66N5O13PS. The van der Waals surface area contributed by atoms with Crippen molar-refractivity contribution in [2.24, 2.45) is 5.92 Å². The van der Waals surface area contributed by atoms with E-state index in [1.165, 1.54) is 0 Å². The Kier molecular flexibility index (Phi) is 28.3. The highest BCUT2D eigenvalue weighted by atomic mass is 32.7. The zero-order valence-electron chi connectivity index (χ0n) is 33.2. The van der Waals surface area contributed by atoms with Crippen LogP contribution in [0.5, 0.6) is 0 Å². The molecule has 5 N–H and O–H groups in total. The first-order valence-electron chi connectivity index (χ1n) is 19.0. The van der Waals surface area contributed by atoms with E-state index >= 15 is 0 Å². The molecule has 3 atom stereocenters. The van der Waals surface area contributed by atoms with Crippen LogP contribution < -0.4 is 26.6 Å². The first-order chi connectivity index (χ1) is 26.3. The van der Waals surface area contributed by atoms with Gasteiger partial charge in [0.1, 0.15) is 12.1 Å². The number of thiol groups is 1. The third kappa shape index (κ3) is 24.1. The van der Waals surface area contributed by atoms with Gasteiger partial charge in [-0.05, 0) is 38.5 Å². The average Bonchev–Trinajstić information content (AvgIpc) is 3.15. The van der Waals surface area contributed by atoms with Crippen molar-refractivity contribution in [1.82, 2.24) is 26.6 Å². The van der Waals surface area contributed by atoms with Crippen molar-refractivity contribution >= 4 is 48.4 Å². The quantitative estimate of drug-likeness (QED) is 0.0316. The van der Waals surface area contributed by atoms with Crippen molar-refractivity contribution in [3.05, 3.63) is 0 Å². The fraction of sp³-hybridized carbons (Fsp3) is 0.857. The van der Waals surface area contributed by atoms with E-state index in [9.17, 15) is 28.5 Å². The Morgan fingerprint density at radius 1 is 0.618 bits per heavy atom. The second kappa shape index (κ2) is 30.7. The monoisotopic (exact) mass is 827 g/mol. The van der Waals surface area contributed by atoms with Crippen LogP contribution in [-0.2, 0) is 61.5 Å². The normalized spacial score (nSPS) is 17.8. The molecule has 20 heteroatoms. The second-order valence-electron chi connectivity index (χ2n) is 13.2. The number of methoxy groups -OCH3 is 3. The molecular weight excluding hydrogens is 761 g/mol. The molecule has 1 rings (SSSR count). The van der Waals surface area contributed by atoms with Crippen LogP contribution in [0.4, 0.5) is 0 Å². The Labute approximate surface area is 331 Å². The summed E-state index contributed by atoms with van der Waals surface area (Å²) >= 11 is 4.22. The molecule has 5 amide bonds. The highest BCUT2D eigenvalue weighted by Crippen LogP contribution is 2.58. The number of carbonyl (C=O) groups excluding carboxylic acids is 5. The first kappa shape index (κ1) is 50.7. The van der Waals surface area contributed by atoms with Gasteiger partial charge < -0.3 is 59.5 Å². The van der Waals surface area contributed by atoms with Crippen LogP contribution in [0.25, 0.3) is 0 Å². The topological polar surface area (TPSA) is 227 Å². The zero-order chi connectivity index (χ0) is 40.9. The second-order valence-corrected chi connectivity index (χ2v) is 17.3. The Morgan fingerprint density at radius 2 is 1.05 bits per heavy atom. The molecule has 1 aliphatic rings. The van der Waals surface area contributed by atoms with E-state index in [0.29, 0.717) is 65.3 Å². The van der Waals surface area contributed by atoms with Gasteiger partial charge in [-0.3, -0.25) is 28.5 Å². The summed E-state index contributed by atoms with van der Waals surface area (Å²) in [6, 6.07) is -2.11. The van der Waals surface area contributed by atoms with E-state index in [1.54, 1.807) is 35.2 Å². The number of ether oxygens (including phenoxy) is 6. The summed E-state index contributed by atoms with van der Waals surface area (Å²) in [7, 11) is 4.66. The summed E-state index contributed by atoms with van der Waals surface area (Å²) < 4.78 is 49.4. The lowest BCUT2D eigenvalue weighted by Gasteiger charge is -2.31. The molecule has 0 radical (unpaired) electrons. The predicted octanol–water partition coefficient (Wildman–Crippen LogP) is 0.961. The van der Waals surface area contributed by atoms with Gasteiger partial charge in [0.2, 0.25) is 29.5 Å². The molecule has 0 aromatic rings. The van der Waals surface area contributed by atoms with E-state index < -0.39 is 42.3 Å². The van der Waals surface area contributed by atoms with Crippen LogP contribution in [0.15, 0.2) is 0 Å². The van der Waals surface area contributed by atoms with Gasteiger partial charge in [0.05, 0.1) is 65.6 Å². The Hall–Kier alpha value is -2.35. The van der Waals surface area contributed by atoms with Gasteiger partial charge in [0.25, 0.3) is 6.57 Å². The number of amides is 5. The number of nitrogens with one attached hydrogen (secondary N) is 5. The lowest BCUT2D eigenvalue weighted by molar-refractivity contribution is -0.133. The van der Waals surface area contributed by atoms with Crippen LogP contribution in [0, 0.1) is 5.92 Å². The molecule has 1 aliphatic carbocycles. The molecule has 0 aliphatic heterocycles. The van der Waals surface area contributed by atoms with Gasteiger partial charge in [-0.2, -0.15) is 0 Å². The largest absolute Gasteiger partial charge is 0.382 e. The summed E-state index contributed by atoms with van der Waals surface area (Å²) in [6.45, 7) is 4.14. The van der Waals surface area contributed by atoms with Crippen molar-refractivity contribution < 1.29 is 61.5 Å². The minimum atomic E-state index is -3.07. The predicted molar refractivity (Wildman–Crippen MR) is 208 cm³/mol. The van der Waals surface area contributed by atoms with Crippen molar-refractivity contribution in [2.45, 2.75) is 89.1 Å². The first-order valence-corrected chi connectivity index (χ1v) is 21.8. The van der Waals surface area contributed by atoms with E-state index in [-0.39, 0.29) is 88.7 Å². The van der Waals surface area contributed by atoms with Crippen LogP contribution >= 0.6 is 18.8 Å². The van der Waals surface area contributed by atoms with Gasteiger partial charge in [-0.25, -0.2) is 0 Å². The SMILES string of the molecule is COCCOCCNC(=O)CCC(NC(=O)CCC(NC(=O)[C@H]1CC[C@@H](OP(=O)(S)C(C)C)CC1)C(=O)NCCOCCOC)C(=O)NCCOCCOC. The van der Waals surface area contributed by atoms with Crippen molar-refractivity contribution in [1.29, 1.82) is 0 Å². The molecule has 0 spiro atoms. The van der Waals surface area contributed by atoms with Crippen molar-refractivity contribution in [2.75, 3.05) is 100 Å². The number of hydrogen-bond acceptors (Lipinski definition) is 13. The molecule has 0 aromatic heterocycles. The third-order valence-electron chi connectivity index (χ3n) is 8.56. The van der Waals surface area contributed by atoms with E-state index in [0.717, 1.165) is 0 Å². The Bertz CT molecular complexity index is 1160. The molecule has 18 nitrogen and oxygen atoms in total. The molecule has 0 saturated heterocycles. The summed E-state index contributed by atoms with van der Waals surface area (Å²) in [5, 5.41) is 13.7. The Balaban J connectivity index is 2.87. The van der Waals surface area contributed by atoms with E-state index in [1.807, 2.05) is 0 Å². The molecule has 55 heavy (non-hydrogen) atoms. The number of hydrogen-bond donors (Lipinski definition) is 6. The van der Waals surface area contributed by atoms with Crippen molar-refractivity contribution in [3.8, 4) is 0 Å². The maximum absolute atomic E-state index is 13.4. The molecule has 0 heterocycles. The molecule has 1 fully saturated rings. The highest BCUT2D eigenvalue weighted by Gasteiger charge is 2.34. The van der Waals surface area contributed by atoms with E-state index in [2.05, 4.69) is 38.8 Å². The minimum absolute atomic E-state index is 0.00836. The fourth-order valence-electron chi connectivity index (χ4n) is 5.23. The Morgan fingerprint density at radius 3 is 1.51 bits per heavy atom. The number of rotatable bonds is 32. The van der Waals surface area contributed by atoms with E-state index in [4.69, 9.17) is 32.9 Å². The van der Waals surface area contributed by atoms with Gasteiger partial charge in [-0.1, -0.05) is 26.1 Å². The molecule has 3 unspecified atom stereocenters. The maximum Gasteiger partial charge on any atom is 0.257 e. The lowest BCUT2D eigenvalue weighted by atomic mass is 9.86. The standard InChI is InChI=1S/C35H66N5O13PS/c1-26(2)54(46,55)53-28-8-6-27(7-9-28)33(43)40-30(35(45)38-16-19-52-25-22-49-5)11-13-32(42)39-29(34(44)37-15-18-51-24-21-48-4)10-12-31(41)36-14-17-50-23-20-47-3/h26-30H,6-25H2,1-5H3,(H,36,41)(H,37,44)(H,38,45)(H,39,42)(H,40,43)(H,46,55)/t27-,28+,29?,30?,54?. The summed E-state index contributed by atoms with van der Waals surface area (Å²) in [4.78, 5) is 65.5. The van der Waals surface area contributed by atoms with Crippen LogP contribution in [0.2, 0.25) is 0 Å². The highest BCUT2D eigenvalue weighted by molar-refractivity contribution is 8.46. The third-order valence-corrected chi connectivity index (χ3v) is 12.1. The summed E-state index contributed by atoms with van der Waals surface area (Å²) in [6.07, 6.45) is 1.36. The summed E-state index contributed by atoms with van der Waals surface area (Å²) in [5.41, 5.74) is -0.240. The van der Waals surface area contributed by atoms with Crippen LogP contribution in [0.3, 0.4) is 0 Å². The maximum atomic E-state index is 13.4. The number of carbonyl (C=O) groups is 5. The van der Waals surface area contributed by atoms with Crippen molar-refractivity contribution in [3.63, 3.8) is 0 Å². The van der Waals surface area contributed by atoms with Gasteiger partial charge in [-0.15, -0.1) is 0 Å². The van der Waals surface area contributed by atoms with Gasteiger partial charge >= 0.3 is 0 Å². The lowest BCUT2D eigenvalue weighted by Crippen LogP contribution is -2.51. The van der Waals surface area contributed by atoms with Gasteiger partial charge in [0.15, 0.2) is 0 Å². The molecule has 0 aromatic carbocycles. The van der Waals surface area contributed by atoms with Crippen LogP contribution in [0.1, 0.15) is 65.2 Å². The summed E-state index contributed by atoms with van der Waals surface area (Å²) in [5.74, 6) is -2.61. The molecule has 0 bridgehead atoms. The molecule has 1 saturated carbocycles. The molecule has 320 valence electrons. The fourth-order valence-corrected chi connectivity index (χ4v) is 6.51. The average molecular weight is 828 g/mol. The van der Waals surface area contributed by atoms with Crippen LogP contribution in [-0.4, -0.2) is 154 Å². The smallest absolute Gasteiger partial charge is 0.257 e. The zero-order valence-corrected chi connectivity index (χ0v) is 35.0.